The molecule has 0 bridgehead atoms. The van der Waals surface area contributed by atoms with Crippen LogP contribution in [-0.2, 0) is 4.79 Å². The van der Waals surface area contributed by atoms with Crippen molar-refractivity contribution >= 4 is 18.0 Å². The fourth-order valence-electron chi connectivity index (χ4n) is 1.30. The molecule has 1 aromatic heterocycles. The highest BCUT2D eigenvalue weighted by Crippen LogP contribution is 2.16. The summed E-state index contributed by atoms with van der Waals surface area (Å²) in [6.07, 6.45) is 0.567. The SMILES string of the molecule is Nc1cc(NC=O)nn1-c1ccccc1. The predicted octanol–water partition coefficient (Wildman–Crippen LogP) is 1.02. The Labute approximate surface area is 86.5 Å². The Morgan fingerprint density at radius 2 is 2.07 bits per heavy atom. The minimum atomic E-state index is 0.436. The van der Waals surface area contributed by atoms with E-state index in [1.54, 1.807) is 10.7 Å². The van der Waals surface area contributed by atoms with Crippen LogP contribution >= 0.6 is 0 Å². The van der Waals surface area contributed by atoms with Gasteiger partial charge in [-0.1, -0.05) is 18.2 Å². The molecule has 0 radical (unpaired) electrons. The molecule has 1 heterocycles. The lowest BCUT2D eigenvalue weighted by molar-refractivity contribution is -0.105. The summed E-state index contributed by atoms with van der Waals surface area (Å²) in [6.45, 7) is 0. The first-order valence-electron chi connectivity index (χ1n) is 4.42. The molecule has 0 aliphatic heterocycles. The van der Waals surface area contributed by atoms with Gasteiger partial charge in [0.1, 0.15) is 5.82 Å². The van der Waals surface area contributed by atoms with Crippen LogP contribution in [-0.4, -0.2) is 16.2 Å². The summed E-state index contributed by atoms with van der Waals surface area (Å²) in [6, 6.07) is 11.1. The highest BCUT2D eigenvalue weighted by Gasteiger charge is 2.05. The van der Waals surface area contributed by atoms with Crippen molar-refractivity contribution in [2.45, 2.75) is 0 Å². The molecule has 1 amide bonds. The zero-order chi connectivity index (χ0) is 10.7. The number of carbonyl (C=O) groups is 1. The number of hydrogen-bond acceptors (Lipinski definition) is 3. The summed E-state index contributed by atoms with van der Waals surface area (Å²) in [5, 5.41) is 6.57. The number of amides is 1. The minimum Gasteiger partial charge on any atom is -0.384 e. The largest absolute Gasteiger partial charge is 0.384 e. The first kappa shape index (κ1) is 9.26. The number of rotatable bonds is 3. The molecule has 76 valence electrons. The van der Waals surface area contributed by atoms with Crippen molar-refractivity contribution in [2.24, 2.45) is 0 Å². The van der Waals surface area contributed by atoms with Crippen LogP contribution in [0.25, 0.3) is 5.69 Å². The average Bonchev–Trinajstić information content (AvgIpc) is 2.61. The van der Waals surface area contributed by atoms with Crippen molar-refractivity contribution in [1.82, 2.24) is 9.78 Å². The highest BCUT2D eigenvalue weighted by atomic mass is 16.1. The Morgan fingerprint density at radius 3 is 2.73 bits per heavy atom. The maximum Gasteiger partial charge on any atom is 0.212 e. The summed E-state index contributed by atoms with van der Waals surface area (Å²) in [5.74, 6) is 0.914. The van der Waals surface area contributed by atoms with Crippen molar-refractivity contribution in [3.05, 3.63) is 36.4 Å². The lowest BCUT2D eigenvalue weighted by Crippen LogP contribution is -2.01. The maximum absolute atomic E-state index is 10.2. The molecule has 0 fully saturated rings. The molecular weight excluding hydrogens is 192 g/mol. The molecule has 5 heteroatoms. The fraction of sp³-hybridized carbons (Fsp3) is 0. The van der Waals surface area contributed by atoms with Gasteiger partial charge in [-0.25, -0.2) is 4.68 Å². The van der Waals surface area contributed by atoms with Gasteiger partial charge >= 0.3 is 0 Å². The monoisotopic (exact) mass is 202 g/mol. The first-order valence-corrected chi connectivity index (χ1v) is 4.42. The number of anilines is 2. The van der Waals surface area contributed by atoms with Crippen LogP contribution in [0.5, 0.6) is 0 Å². The number of nitrogens with two attached hydrogens (primary N) is 1. The van der Waals surface area contributed by atoms with E-state index in [2.05, 4.69) is 10.4 Å². The molecule has 2 aromatic rings. The van der Waals surface area contributed by atoms with Crippen molar-refractivity contribution in [1.29, 1.82) is 0 Å². The maximum atomic E-state index is 10.2. The number of aromatic nitrogens is 2. The minimum absolute atomic E-state index is 0.436. The zero-order valence-electron chi connectivity index (χ0n) is 7.92. The second-order valence-electron chi connectivity index (χ2n) is 2.96. The lowest BCUT2D eigenvalue weighted by atomic mass is 10.3. The molecule has 0 saturated carbocycles. The van der Waals surface area contributed by atoms with Crippen molar-refractivity contribution in [2.75, 3.05) is 11.1 Å². The molecule has 15 heavy (non-hydrogen) atoms. The summed E-state index contributed by atoms with van der Waals surface area (Å²) < 4.78 is 1.56. The van der Waals surface area contributed by atoms with E-state index in [1.165, 1.54) is 0 Å². The molecule has 0 saturated heterocycles. The van der Waals surface area contributed by atoms with Gasteiger partial charge < -0.3 is 11.1 Å². The van der Waals surface area contributed by atoms with Crippen LogP contribution in [0.3, 0.4) is 0 Å². The van der Waals surface area contributed by atoms with Gasteiger partial charge in [-0.05, 0) is 12.1 Å². The van der Waals surface area contributed by atoms with Crippen LogP contribution in [0.2, 0.25) is 0 Å². The van der Waals surface area contributed by atoms with Gasteiger partial charge in [0.2, 0.25) is 6.41 Å². The number of para-hydroxylation sites is 1. The van der Waals surface area contributed by atoms with Crippen molar-refractivity contribution < 1.29 is 4.79 Å². The van der Waals surface area contributed by atoms with E-state index in [1.807, 2.05) is 30.3 Å². The van der Waals surface area contributed by atoms with E-state index in [-0.39, 0.29) is 0 Å². The molecule has 0 aliphatic carbocycles. The van der Waals surface area contributed by atoms with E-state index < -0.39 is 0 Å². The molecule has 5 nitrogen and oxygen atoms in total. The quantitative estimate of drug-likeness (QED) is 0.730. The smallest absolute Gasteiger partial charge is 0.212 e. The highest BCUT2D eigenvalue weighted by molar-refractivity contribution is 5.70. The normalized spacial score (nSPS) is 9.87. The number of nitrogens with zero attached hydrogens (tertiary/aromatic N) is 2. The third-order valence-electron chi connectivity index (χ3n) is 1.94. The Bertz CT molecular complexity index is 464. The van der Waals surface area contributed by atoms with Crippen molar-refractivity contribution in [3.8, 4) is 5.69 Å². The van der Waals surface area contributed by atoms with Gasteiger partial charge in [0.15, 0.2) is 5.82 Å². The van der Waals surface area contributed by atoms with Crippen molar-refractivity contribution in [3.63, 3.8) is 0 Å². The molecule has 0 unspecified atom stereocenters. The van der Waals surface area contributed by atoms with Gasteiger partial charge in [0, 0.05) is 6.07 Å². The second-order valence-corrected chi connectivity index (χ2v) is 2.96. The fourth-order valence-corrected chi connectivity index (χ4v) is 1.30. The summed E-state index contributed by atoms with van der Waals surface area (Å²) in [5.41, 5.74) is 6.60. The number of nitrogens with one attached hydrogen (secondary N) is 1. The summed E-state index contributed by atoms with van der Waals surface area (Å²) in [4.78, 5) is 10.2. The van der Waals surface area contributed by atoms with E-state index >= 15 is 0 Å². The second kappa shape index (κ2) is 3.83. The third kappa shape index (κ3) is 1.80. The van der Waals surface area contributed by atoms with E-state index in [9.17, 15) is 4.79 Å². The lowest BCUT2D eigenvalue weighted by Gasteiger charge is -2.01. The Morgan fingerprint density at radius 1 is 1.33 bits per heavy atom. The molecule has 0 atom stereocenters. The molecule has 0 aliphatic rings. The van der Waals surface area contributed by atoms with E-state index in [4.69, 9.17) is 5.73 Å². The first-order chi connectivity index (χ1) is 7.31. The number of hydrogen-bond donors (Lipinski definition) is 2. The van der Waals surface area contributed by atoms with Crippen LogP contribution in [0.1, 0.15) is 0 Å². The molecule has 3 N–H and O–H groups in total. The molecule has 0 spiro atoms. The van der Waals surface area contributed by atoms with Gasteiger partial charge in [-0.2, -0.15) is 0 Å². The van der Waals surface area contributed by atoms with Gasteiger partial charge in [-0.15, -0.1) is 5.10 Å². The van der Waals surface area contributed by atoms with Gasteiger partial charge in [-0.3, -0.25) is 4.79 Å². The number of nitrogen functional groups attached to an aromatic ring is 1. The molecular formula is C10H10N4O. The third-order valence-corrected chi connectivity index (χ3v) is 1.94. The summed E-state index contributed by atoms with van der Waals surface area (Å²) >= 11 is 0. The summed E-state index contributed by atoms with van der Waals surface area (Å²) in [7, 11) is 0. The number of carbonyl (C=O) groups excluding carboxylic acids is 1. The Hall–Kier alpha value is -2.30. The van der Waals surface area contributed by atoms with Crippen LogP contribution in [0, 0.1) is 0 Å². The van der Waals surface area contributed by atoms with Gasteiger partial charge in [0.05, 0.1) is 5.69 Å². The van der Waals surface area contributed by atoms with Gasteiger partial charge in [0.25, 0.3) is 0 Å². The topological polar surface area (TPSA) is 72.9 Å². The molecule has 2 rings (SSSR count). The Balaban J connectivity index is 2.40. The predicted molar refractivity (Wildman–Crippen MR) is 57.7 cm³/mol. The Kier molecular flexibility index (Phi) is 2.37. The van der Waals surface area contributed by atoms with Crippen LogP contribution in [0.4, 0.5) is 11.6 Å². The standard InChI is InChI=1S/C10H10N4O/c11-9-6-10(12-7-15)13-14(9)8-4-2-1-3-5-8/h1-7H,11H2,(H,12,13,15). The van der Waals surface area contributed by atoms with Crippen LogP contribution < -0.4 is 11.1 Å². The molecule has 1 aromatic carbocycles. The van der Waals surface area contributed by atoms with Crippen LogP contribution in [0.15, 0.2) is 36.4 Å². The number of benzene rings is 1. The zero-order valence-corrected chi connectivity index (χ0v) is 7.92. The van der Waals surface area contributed by atoms with E-state index in [0.717, 1.165) is 5.69 Å². The average molecular weight is 202 g/mol. The van der Waals surface area contributed by atoms with E-state index in [0.29, 0.717) is 18.0 Å².